The number of hydrogen-bond acceptors (Lipinski definition) is 4. The zero-order valence-corrected chi connectivity index (χ0v) is 11.1. The summed E-state index contributed by atoms with van der Waals surface area (Å²) in [6.07, 6.45) is 0.849. The first kappa shape index (κ1) is 14.2. The zero-order valence-electron chi connectivity index (χ0n) is 10.3. The van der Waals surface area contributed by atoms with Gasteiger partial charge in [0.25, 0.3) is 5.91 Å². The summed E-state index contributed by atoms with van der Waals surface area (Å²) in [6.45, 7) is 3.35. The molecule has 1 rings (SSSR count). The average Bonchev–Trinajstić information content (AvgIpc) is 2.81. The Balaban J connectivity index is 2.76. The van der Waals surface area contributed by atoms with Crippen LogP contribution in [-0.2, 0) is 11.2 Å². The Morgan fingerprint density at radius 2 is 2.29 bits per heavy atom. The van der Waals surface area contributed by atoms with Crippen molar-refractivity contribution < 1.29 is 14.6 Å². The molecule has 0 unspecified atom stereocenters. The van der Waals surface area contributed by atoms with E-state index < -0.39 is 0 Å². The Labute approximate surface area is 106 Å². The highest BCUT2D eigenvalue weighted by molar-refractivity contribution is 7.12. The molecule has 0 saturated carbocycles. The summed E-state index contributed by atoms with van der Waals surface area (Å²) in [4.78, 5) is 14.7. The molecule has 0 saturated heterocycles. The first-order chi connectivity index (χ1) is 8.24. The van der Waals surface area contributed by atoms with Crippen LogP contribution in [-0.4, -0.2) is 49.3 Å². The lowest BCUT2D eigenvalue weighted by Gasteiger charge is -2.21. The number of carbonyl (C=O) groups excluding carboxylic acids is 1. The second-order valence-corrected chi connectivity index (χ2v) is 4.55. The van der Waals surface area contributed by atoms with E-state index in [-0.39, 0.29) is 12.5 Å². The van der Waals surface area contributed by atoms with Crippen molar-refractivity contribution in [2.24, 2.45) is 0 Å². The number of amides is 1. The fourth-order valence-electron chi connectivity index (χ4n) is 1.58. The fourth-order valence-corrected chi connectivity index (χ4v) is 2.54. The first-order valence-electron chi connectivity index (χ1n) is 5.70. The lowest BCUT2D eigenvalue weighted by Crippen LogP contribution is -2.36. The molecule has 1 aromatic heterocycles. The van der Waals surface area contributed by atoms with Gasteiger partial charge in [0, 0.05) is 20.2 Å². The monoisotopic (exact) mass is 257 g/mol. The SMILES string of the molecule is CCc1ccsc1C(=O)N(CCO)CCOC. The van der Waals surface area contributed by atoms with Gasteiger partial charge < -0.3 is 14.7 Å². The van der Waals surface area contributed by atoms with Gasteiger partial charge in [0.2, 0.25) is 0 Å². The molecule has 1 aromatic rings. The Hall–Kier alpha value is -0.910. The molecule has 0 fully saturated rings. The number of aryl methyl sites for hydroxylation is 1. The molecule has 17 heavy (non-hydrogen) atoms. The van der Waals surface area contributed by atoms with Crippen LogP contribution >= 0.6 is 11.3 Å². The highest BCUT2D eigenvalue weighted by Crippen LogP contribution is 2.19. The molecule has 4 nitrogen and oxygen atoms in total. The van der Waals surface area contributed by atoms with Gasteiger partial charge in [0.1, 0.15) is 0 Å². The Bertz CT molecular complexity index is 351. The molecule has 0 aliphatic rings. The molecule has 0 bridgehead atoms. The third kappa shape index (κ3) is 3.80. The van der Waals surface area contributed by atoms with Crippen LogP contribution in [0.25, 0.3) is 0 Å². The maximum absolute atomic E-state index is 12.3. The molecule has 0 atom stereocenters. The summed E-state index contributed by atoms with van der Waals surface area (Å²) < 4.78 is 4.97. The van der Waals surface area contributed by atoms with Crippen LogP contribution in [0.4, 0.5) is 0 Å². The van der Waals surface area contributed by atoms with Gasteiger partial charge in [0.05, 0.1) is 18.1 Å². The first-order valence-corrected chi connectivity index (χ1v) is 6.58. The van der Waals surface area contributed by atoms with Gasteiger partial charge in [-0.25, -0.2) is 0 Å². The molecule has 1 heterocycles. The Morgan fingerprint density at radius 3 is 2.88 bits per heavy atom. The van der Waals surface area contributed by atoms with E-state index in [1.165, 1.54) is 11.3 Å². The van der Waals surface area contributed by atoms with Gasteiger partial charge in [0.15, 0.2) is 0 Å². The summed E-state index contributed by atoms with van der Waals surface area (Å²) in [5.74, 6) is -0.0112. The highest BCUT2D eigenvalue weighted by Gasteiger charge is 2.18. The fraction of sp³-hybridized carbons (Fsp3) is 0.583. The van der Waals surface area contributed by atoms with Gasteiger partial charge in [-0.15, -0.1) is 11.3 Å². The van der Waals surface area contributed by atoms with Crippen LogP contribution in [0.5, 0.6) is 0 Å². The lowest BCUT2D eigenvalue weighted by molar-refractivity contribution is 0.0660. The number of nitrogens with zero attached hydrogens (tertiary/aromatic N) is 1. The molecule has 0 spiro atoms. The number of carbonyl (C=O) groups is 1. The minimum Gasteiger partial charge on any atom is -0.395 e. The number of ether oxygens (including phenoxy) is 1. The molecule has 0 aliphatic heterocycles. The molecule has 1 N–H and O–H groups in total. The van der Waals surface area contributed by atoms with E-state index in [1.54, 1.807) is 12.0 Å². The van der Waals surface area contributed by atoms with Gasteiger partial charge in [-0.1, -0.05) is 6.92 Å². The van der Waals surface area contributed by atoms with Gasteiger partial charge >= 0.3 is 0 Å². The summed E-state index contributed by atoms with van der Waals surface area (Å²) in [7, 11) is 1.60. The van der Waals surface area contributed by atoms with Crippen LogP contribution in [0.3, 0.4) is 0 Å². The number of aliphatic hydroxyl groups is 1. The molecular formula is C12H19NO3S. The average molecular weight is 257 g/mol. The van der Waals surface area contributed by atoms with E-state index in [0.29, 0.717) is 19.7 Å². The van der Waals surface area contributed by atoms with Crippen LogP contribution in [0.2, 0.25) is 0 Å². The van der Waals surface area contributed by atoms with Crippen molar-refractivity contribution in [3.63, 3.8) is 0 Å². The minimum atomic E-state index is -0.0255. The molecule has 0 radical (unpaired) electrons. The topological polar surface area (TPSA) is 49.8 Å². The van der Waals surface area contributed by atoms with Gasteiger partial charge in [-0.3, -0.25) is 4.79 Å². The summed E-state index contributed by atoms with van der Waals surface area (Å²) in [5, 5.41) is 10.9. The van der Waals surface area contributed by atoms with Crippen LogP contribution < -0.4 is 0 Å². The Kier molecular flexibility index (Phi) is 6.18. The second-order valence-electron chi connectivity index (χ2n) is 3.64. The number of aliphatic hydroxyl groups excluding tert-OH is 1. The smallest absolute Gasteiger partial charge is 0.264 e. The largest absolute Gasteiger partial charge is 0.395 e. The van der Waals surface area contributed by atoms with Crippen molar-refractivity contribution in [3.8, 4) is 0 Å². The summed E-state index contributed by atoms with van der Waals surface area (Å²) in [6, 6.07) is 1.98. The minimum absolute atomic E-state index is 0.0112. The number of methoxy groups -OCH3 is 1. The standard InChI is InChI=1S/C12H19NO3S/c1-3-10-4-9-17-11(10)12(15)13(5-7-14)6-8-16-2/h4,9,14H,3,5-8H2,1-2H3. The Morgan fingerprint density at radius 1 is 1.53 bits per heavy atom. The lowest BCUT2D eigenvalue weighted by atomic mass is 10.2. The zero-order chi connectivity index (χ0) is 12.7. The number of rotatable bonds is 7. The summed E-state index contributed by atoms with van der Waals surface area (Å²) >= 11 is 1.46. The predicted octanol–water partition coefficient (Wildman–Crippen LogP) is 1.39. The van der Waals surface area contributed by atoms with E-state index >= 15 is 0 Å². The molecule has 5 heteroatoms. The van der Waals surface area contributed by atoms with E-state index in [0.717, 1.165) is 16.9 Å². The maximum Gasteiger partial charge on any atom is 0.264 e. The van der Waals surface area contributed by atoms with E-state index in [2.05, 4.69) is 0 Å². The van der Waals surface area contributed by atoms with Gasteiger partial charge in [-0.2, -0.15) is 0 Å². The molecule has 96 valence electrons. The highest BCUT2D eigenvalue weighted by atomic mass is 32.1. The molecule has 0 aliphatic carbocycles. The second kappa shape index (κ2) is 7.42. The van der Waals surface area contributed by atoms with Crippen molar-refractivity contribution in [2.45, 2.75) is 13.3 Å². The van der Waals surface area contributed by atoms with E-state index in [4.69, 9.17) is 9.84 Å². The van der Waals surface area contributed by atoms with Crippen molar-refractivity contribution in [1.29, 1.82) is 0 Å². The van der Waals surface area contributed by atoms with E-state index in [1.807, 2.05) is 18.4 Å². The van der Waals surface area contributed by atoms with Crippen molar-refractivity contribution in [3.05, 3.63) is 21.9 Å². The normalized spacial score (nSPS) is 10.5. The van der Waals surface area contributed by atoms with Crippen molar-refractivity contribution >= 4 is 17.2 Å². The number of hydrogen-bond donors (Lipinski definition) is 1. The molecule has 0 aromatic carbocycles. The van der Waals surface area contributed by atoms with Crippen LogP contribution in [0.1, 0.15) is 22.2 Å². The quantitative estimate of drug-likeness (QED) is 0.803. The maximum atomic E-state index is 12.3. The third-order valence-corrected chi connectivity index (χ3v) is 3.49. The predicted molar refractivity (Wildman–Crippen MR) is 68.6 cm³/mol. The number of thiophene rings is 1. The van der Waals surface area contributed by atoms with Gasteiger partial charge in [-0.05, 0) is 23.4 Å². The van der Waals surface area contributed by atoms with Crippen molar-refractivity contribution in [1.82, 2.24) is 4.90 Å². The van der Waals surface area contributed by atoms with Crippen LogP contribution in [0.15, 0.2) is 11.4 Å². The van der Waals surface area contributed by atoms with Crippen LogP contribution in [0, 0.1) is 0 Å². The molecule has 1 amide bonds. The van der Waals surface area contributed by atoms with Crippen molar-refractivity contribution in [2.75, 3.05) is 33.4 Å². The third-order valence-electron chi connectivity index (χ3n) is 2.54. The summed E-state index contributed by atoms with van der Waals surface area (Å²) in [5.41, 5.74) is 1.07. The molecular weight excluding hydrogens is 238 g/mol. The van der Waals surface area contributed by atoms with E-state index in [9.17, 15) is 4.79 Å².